The largest absolute Gasteiger partial charge is 0.362 e. The number of nitrogens with zero attached hydrogens (tertiary/aromatic N) is 5. The fourth-order valence-electron chi connectivity index (χ4n) is 2.64. The van der Waals surface area contributed by atoms with E-state index in [0.717, 1.165) is 0 Å². The zero-order valence-electron chi connectivity index (χ0n) is 12.5. The molecule has 1 amide bonds. The van der Waals surface area contributed by atoms with Crippen LogP contribution in [0.25, 0.3) is 11.4 Å². The molecule has 1 fully saturated rings. The van der Waals surface area contributed by atoms with Gasteiger partial charge < -0.3 is 14.3 Å². The van der Waals surface area contributed by atoms with E-state index in [-0.39, 0.29) is 11.6 Å². The summed E-state index contributed by atoms with van der Waals surface area (Å²) in [5.41, 5.74) is 1.05. The number of hydrogen-bond donors (Lipinski definition) is 0. The van der Waals surface area contributed by atoms with Crippen LogP contribution >= 0.6 is 0 Å². The summed E-state index contributed by atoms with van der Waals surface area (Å²) < 4.78 is 4.67. The Labute approximate surface area is 131 Å². The molecule has 2 aromatic rings. The lowest BCUT2D eigenvalue weighted by Crippen LogP contribution is -2.48. The van der Waals surface area contributed by atoms with E-state index in [9.17, 15) is 14.9 Å². The third-order valence-corrected chi connectivity index (χ3v) is 3.86. The van der Waals surface area contributed by atoms with Crippen LogP contribution in [0.3, 0.4) is 0 Å². The number of piperazine rings is 1. The summed E-state index contributed by atoms with van der Waals surface area (Å²) in [6.07, 6.45) is 1.18. The van der Waals surface area contributed by atoms with E-state index in [2.05, 4.69) is 14.7 Å². The van der Waals surface area contributed by atoms with Gasteiger partial charge in [0.15, 0.2) is 0 Å². The monoisotopic (exact) mass is 317 g/mol. The molecule has 9 nitrogen and oxygen atoms in total. The van der Waals surface area contributed by atoms with Gasteiger partial charge in [0.1, 0.15) is 5.69 Å². The molecule has 9 heteroatoms. The molecule has 1 aliphatic heterocycles. The van der Waals surface area contributed by atoms with E-state index >= 15 is 0 Å². The molecule has 0 spiro atoms. The van der Waals surface area contributed by atoms with E-state index < -0.39 is 4.92 Å². The molecule has 23 heavy (non-hydrogen) atoms. The van der Waals surface area contributed by atoms with Gasteiger partial charge in [-0.2, -0.15) is 4.98 Å². The highest BCUT2D eigenvalue weighted by molar-refractivity contribution is 5.74. The minimum Gasteiger partial charge on any atom is -0.362 e. The van der Waals surface area contributed by atoms with Crippen molar-refractivity contribution in [1.29, 1.82) is 0 Å². The summed E-state index contributed by atoms with van der Waals surface area (Å²) in [6.45, 7) is 3.75. The molecule has 1 aromatic heterocycles. The molecule has 0 N–H and O–H groups in total. The molecule has 0 aliphatic carbocycles. The molecule has 0 saturated carbocycles. The molecule has 0 unspecified atom stereocenters. The maximum absolute atomic E-state index is 11.4. The number of aromatic nitrogens is 2. The van der Waals surface area contributed by atoms with Crippen molar-refractivity contribution in [3.63, 3.8) is 0 Å². The maximum atomic E-state index is 11.4. The van der Waals surface area contributed by atoms with Crippen LogP contribution < -0.4 is 4.90 Å². The first-order valence-electron chi connectivity index (χ1n) is 7.12. The molecule has 3 rings (SSSR count). The number of carbonyl (C=O) groups is 1. The van der Waals surface area contributed by atoms with Crippen molar-refractivity contribution in [3.05, 3.63) is 34.7 Å². The Morgan fingerprint density at radius 2 is 2.04 bits per heavy atom. The standard InChI is InChI=1S/C14H15N5O4/c1-10(20)17-4-6-18(7-5-17)12-3-2-11(8-13(12)19(21)22)14-15-9-23-16-14/h2-3,8-9H,4-7H2,1H3. The van der Waals surface area contributed by atoms with Crippen LogP contribution in [-0.2, 0) is 4.79 Å². The molecule has 0 bridgehead atoms. The van der Waals surface area contributed by atoms with Gasteiger partial charge in [0.05, 0.1) is 4.92 Å². The third-order valence-electron chi connectivity index (χ3n) is 3.86. The van der Waals surface area contributed by atoms with E-state index in [1.807, 2.05) is 4.90 Å². The number of benzene rings is 1. The van der Waals surface area contributed by atoms with Crippen molar-refractivity contribution < 1.29 is 14.2 Å². The van der Waals surface area contributed by atoms with Crippen LogP contribution in [0.2, 0.25) is 0 Å². The molecule has 2 heterocycles. The van der Waals surface area contributed by atoms with Crippen LogP contribution in [0, 0.1) is 10.1 Å². The second-order valence-corrected chi connectivity index (χ2v) is 5.21. The number of nitro benzene ring substituents is 1. The Morgan fingerprint density at radius 1 is 1.30 bits per heavy atom. The van der Waals surface area contributed by atoms with E-state index in [1.54, 1.807) is 17.0 Å². The molecule has 1 aliphatic rings. The molecule has 1 aromatic carbocycles. The quantitative estimate of drug-likeness (QED) is 0.620. The van der Waals surface area contributed by atoms with E-state index in [0.29, 0.717) is 43.3 Å². The first-order valence-corrected chi connectivity index (χ1v) is 7.12. The fraction of sp³-hybridized carbons (Fsp3) is 0.357. The van der Waals surface area contributed by atoms with Gasteiger partial charge in [0.25, 0.3) is 5.69 Å². The average molecular weight is 317 g/mol. The van der Waals surface area contributed by atoms with Gasteiger partial charge in [-0.1, -0.05) is 5.16 Å². The average Bonchev–Trinajstić information content (AvgIpc) is 3.09. The zero-order valence-corrected chi connectivity index (χ0v) is 12.5. The molecule has 0 radical (unpaired) electrons. The van der Waals surface area contributed by atoms with Crippen molar-refractivity contribution in [2.45, 2.75) is 6.92 Å². The number of nitro groups is 1. The Kier molecular flexibility index (Phi) is 3.92. The van der Waals surface area contributed by atoms with Crippen molar-refractivity contribution in [2.24, 2.45) is 0 Å². The van der Waals surface area contributed by atoms with Crippen molar-refractivity contribution in [3.8, 4) is 11.4 Å². The number of hydrogen-bond acceptors (Lipinski definition) is 7. The van der Waals surface area contributed by atoms with Crippen LogP contribution in [0.1, 0.15) is 6.92 Å². The SMILES string of the molecule is CC(=O)N1CCN(c2ccc(-c3ncon3)cc2[N+](=O)[O-])CC1. The summed E-state index contributed by atoms with van der Waals surface area (Å²) in [4.78, 5) is 29.9. The van der Waals surface area contributed by atoms with Crippen LogP contribution in [0.4, 0.5) is 11.4 Å². The van der Waals surface area contributed by atoms with Gasteiger partial charge in [0, 0.05) is 44.7 Å². The highest BCUT2D eigenvalue weighted by Gasteiger charge is 2.25. The minimum atomic E-state index is -0.420. The van der Waals surface area contributed by atoms with E-state index in [4.69, 9.17) is 0 Å². The van der Waals surface area contributed by atoms with Gasteiger partial charge in [-0.05, 0) is 12.1 Å². The minimum absolute atomic E-state index is 0.0106. The van der Waals surface area contributed by atoms with Gasteiger partial charge in [-0.15, -0.1) is 0 Å². The van der Waals surface area contributed by atoms with Gasteiger partial charge in [-0.3, -0.25) is 14.9 Å². The summed E-state index contributed by atoms with van der Waals surface area (Å²) in [6, 6.07) is 4.86. The number of amides is 1. The second kappa shape index (κ2) is 6.03. The summed E-state index contributed by atoms with van der Waals surface area (Å²) in [7, 11) is 0. The highest BCUT2D eigenvalue weighted by Crippen LogP contribution is 2.32. The lowest BCUT2D eigenvalue weighted by molar-refractivity contribution is -0.384. The zero-order chi connectivity index (χ0) is 16.4. The summed E-state index contributed by atoms with van der Waals surface area (Å²) in [5.74, 6) is 0.327. The Hall–Kier alpha value is -2.97. The van der Waals surface area contributed by atoms with Crippen LogP contribution in [0.5, 0.6) is 0 Å². The number of rotatable bonds is 3. The Morgan fingerprint density at radius 3 is 2.61 bits per heavy atom. The molecular formula is C14H15N5O4. The van der Waals surface area contributed by atoms with E-state index in [1.165, 1.54) is 19.4 Å². The fourth-order valence-corrected chi connectivity index (χ4v) is 2.64. The van der Waals surface area contributed by atoms with Crippen LogP contribution in [0.15, 0.2) is 29.1 Å². The predicted molar refractivity (Wildman–Crippen MR) is 80.9 cm³/mol. The van der Waals surface area contributed by atoms with Gasteiger partial charge >= 0.3 is 0 Å². The smallest absolute Gasteiger partial charge is 0.293 e. The van der Waals surface area contributed by atoms with Crippen LogP contribution in [-0.4, -0.2) is 52.1 Å². The summed E-state index contributed by atoms with van der Waals surface area (Å²) >= 11 is 0. The normalized spacial score (nSPS) is 14.8. The lowest BCUT2D eigenvalue weighted by Gasteiger charge is -2.35. The number of carbonyl (C=O) groups excluding carboxylic acids is 1. The molecule has 1 saturated heterocycles. The molecule has 120 valence electrons. The lowest BCUT2D eigenvalue weighted by atomic mass is 10.1. The Balaban J connectivity index is 1.88. The second-order valence-electron chi connectivity index (χ2n) is 5.21. The predicted octanol–water partition coefficient (Wildman–Crippen LogP) is 1.31. The third kappa shape index (κ3) is 2.98. The Bertz CT molecular complexity index is 723. The molecular weight excluding hydrogens is 302 g/mol. The van der Waals surface area contributed by atoms with Crippen molar-refractivity contribution >= 4 is 17.3 Å². The highest BCUT2D eigenvalue weighted by atomic mass is 16.6. The topological polar surface area (TPSA) is 106 Å². The van der Waals surface area contributed by atoms with Gasteiger partial charge in [-0.25, -0.2) is 0 Å². The summed E-state index contributed by atoms with van der Waals surface area (Å²) in [5, 5.41) is 15.1. The maximum Gasteiger partial charge on any atom is 0.293 e. The van der Waals surface area contributed by atoms with Crippen molar-refractivity contribution in [2.75, 3.05) is 31.1 Å². The molecule has 0 atom stereocenters. The number of anilines is 1. The van der Waals surface area contributed by atoms with Crippen molar-refractivity contribution in [1.82, 2.24) is 15.0 Å². The first-order chi connectivity index (χ1) is 11.1. The van der Waals surface area contributed by atoms with Gasteiger partial charge in [0.2, 0.25) is 18.1 Å². The first kappa shape index (κ1) is 14.9.